The van der Waals surface area contributed by atoms with Gasteiger partial charge in [-0.25, -0.2) is 0 Å². The van der Waals surface area contributed by atoms with E-state index in [4.69, 9.17) is 4.74 Å². The van der Waals surface area contributed by atoms with E-state index in [1.54, 1.807) is 0 Å². The maximum atomic E-state index is 9.85. The van der Waals surface area contributed by atoms with Crippen LogP contribution in [-0.2, 0) is 4.74 Å². The summed E-state index contributed by atoms with van der Waals surface area (Å²) in [5.74, 6) is 0. The minimum absolute atomic E-state index is 0.1000. The van der Waals surface area contributed by atoms with Gasteiger partial charge < -0.3 is 15.2 Å². The van der Waals surface area contributed by atoms with Crippen LogP contribution in [0.5, 0.6) is 0 Å². The zero-order valence-electron chi connectivity index (χ0n) is 11.3. The second-order valence-corrected chi connectivity index (χ2v) is 6.35. The molecule has 1 heterocycles. The van der Waals surface area contributed by atoms with Crippen molar-refractivity contribution in [1.29, 1.82) is 0 Å². The zero-order chi connectivity index (χ0) is 12.4. The predicted octanol–water partition coefficient (Wildman–Crippen LogP) is 2.09. The largest absolute Gasteiger partial charge is 0.394 e. The molecular weight excluding hydrogens is 214 g/mol. The molecule has 1 aliphatic carbocycles. The van der Waals surface area contributed by atoms with Crippen LogP contribution < -0.4 is 5.32 Å². The lowest BCUT2D eigenvalue weighted by Crippen LogP contribution is -2.61. The molecule has 0 radical (unpaired) electrons. The Labute approximate surface area is 105 Å². The molecule has 1 aliphatic heterocycles. The normalized spacial score (nSPS) is 37.2. The van der Waals surface area contributed by atoms with E-state index in [1.165, 1.54) is 25.7 Å². The molecule has 100 valence electrons. The standard InChI is InChI=1S/C14H27NO2/c1-13(2)7-3-4-8-14(13,11-16)15-10-12-6-5-9-17-12/h12,15-16H,3-11H2,1-2H3. The summed E-state index contributed by atoms with van der Waals surface area (Å²) < 4.78 is 5.66. The van der Waals surface area contributed by atoms with Gasteiger partial charge in [-0.3, -0.25) is 0 Å². The van der Waals surface area contributed by atoms with E-state index in [0.717, 1.165) is 26.0 Å². The minimum atomic E-state index is -0.1000. The molecule has 2 atom stereocenters. The summed E-state index contributed by atoms with van der Waals surface area (Å²) in [5, 5.41) is 13.5. The van der Waals surface area contributed by atoms with Gasteiger partial charge in [-0.05, 0) is 31.1 Å². The van der Waals surface area contributed by atoms with Gasteiger partial charge in [-0.2, -0.15) is 0 Å². The number of aliphatic hydroxyl groups excluding tert-OH is 1. The van der Waals surface area contributed by atoms with Crippen molar-refractivity contribution in [1.82, 2.24) is 5.32 Å². The molecule has 17 heavy (non-hydrogen) atoms. The second kappa shape index (κ2) is 5.25. The lowest BCUT2D eigenvalue weighted by atomic mass is 9.63. The van der Waals surface area contributed by atoms with E-state index in [-0.39, 0.29) is 17.6 Å². The van der Waals surface area contributed by atoms with Crippen molar-refractivity contribution in [3.63, 3.8) is 0 Å². The van der Waals surface area contributed by atoms with Gasteiger partial charge in [0.15, 0.2) is 0 Å². The number of aliphatic hydroxyl groups is 1. The molecule has 0 aromatic heterocycles. The van der Waals surface area contributed by atoms with E-state index in [9.17, 15) is 5.11 Å². The molecule has 2 aliphatic rings. The van der Waals surface area contributed by atoms with Crippen LogP contribution in [0.4, 0.5) is 0 Å². The summed E-state index contributed by atoms with van der Waals surface area (Å²) in [4.78, 5) is 0. The highest BCUT2D eigenvalue weighted by Gasteiger charge is 2.46. The third kappa shape index (κ3) is 2.67. The first-order valence-corrected chi connectivity index (χ1v) is 7.07. The molecule has 1 saturated carbocycles. The van der Waals surface area contributed by atoms with E-state index in [0.29, 0.717) is 6.10 Å². The highest BCUT2D eigenvalue weighted by Crippen LogP contribution is 2.43. The molecule has 2 unspecified atom stereocenters. The lowest BCUT2D eigenvalue weighted by molar-refractivity contribution is -0.00119. The van der Waals surface area contributed by atoms with Gasteiger partial charge >= 0.3 is 0 Å². The summed E-state index contributed by atoms with van der Waals surface area (Å²) in [6.07, 6.45) is 7.50. The van der Waals surface area contributed by atoms with Gasteiger partial charge in [0, 0.05) is 18.7 Å². The molecule has 0 aromatic rings. The van der Waals surface area contributed by atoms with Gasteiger partial charge in [0.05, 0.1) is 12.7 Å². The monoisotopic (exact) mass is 241 g/mol. The number of hydrogen-bond donors (Lipinski definition) is 2. The van der Waals surface area contributed by atoms with Crippen LogP contribution in [-0.4, -0.2) is 36.5 Å². The molecular formula is C14H27NO2. The minimum Gasteiger partial charge on any atom is -0.394 e. The summed E-state index contributed by atoms with van der Waals surface area (Å²) in [6, 6.07) is 0. The van der Waals surface area contributed by atoms with E-state index < -0.39 is 0 Å². The third-order valence-electron chi connectivity index (χ3n) is 4.91. The van der Waals surface area contributed by atoms with Crippen molar-refractivity contribution < 1.29 is 9.84 Å². The Hall–Kier alpha value is -0.120. The van der Waals surface area contributed by atoms with E-state index in [2.05, 4.69) is 19.2 Å². The molecule has 2 N–H and O–H groups in total. The number of nitrogens with one attached hydrogen (secondary N) is 1. The fourth-order valence-corrected chi connectivity index (χ4v) is 3.36. The summed E-state index contributed by atoms with van der Waals surface area (Å²) in [5.41, 5.74) is 0.0792. The number of ether oxygens (including phenoxy) is 1. The van der Waals surface area contributed by atoms with Crippen LogP contribution >= 0.6 is 0 Å². The first kappa shape index (κ1) is 13.3. The quantitative estimate of drug-likeness (QED) is 0.792. The van der Waals surface area contributed by atoms with Gasteiger partial charge in [0.2, 0.25) is 0 Å². The van der Waals surface area contributed by atoms with Crippen molar-refractivity contribution in [2.45, 2.75) is 64.0 Å². The molecule has 3 nitrogen and oxygen atoms in total. The molecule has 1 saturated heterocycles. The predicted molar refractivity (Wildman–Crippen MR) is 69.0 cm³/mol. The molecule has 3 heteroatoms. The molecule has 2 fully saturated rings. The van der Waals surface area contributed by atoms with Crippen molar-refractivity contribution in [3.05, 3.63) is 0 Å². The third-order valence-corrected chi connectivity index (χ3v) is 4.91. The summed E-state index contributed by atoms with van der Waals surface area (Å²) in [7, 11) is 0. The summed E-state index contributed by atoms with van der Waals surface area (Å²) in [6.45, 7) is 6.61. The SMILES string of the molecule is CC1(C)CCCCC1(CO)NCC1CCCO1. The summed E-state index contributed by atoms with van der Waals surface area (Å²) >= 11 is 0. The van der Waals surface area contributed by atoms with Crippen molar-refractivity contribution in [3.8, 4) is 0 Å². The van der Waals surface area contributed by atoms with Crippen LogP contribution in [0, 0.1) is 5.41 Å². The molecule has 0 bridgehead atoms. The highest BCUT2D eigenvalue weighted by atomic mass is 16.5. The molecule has 0 spiro atoms. The van der Waals surface area contributed by atoms with Gasteiger partial charge in [-0.15, -0.1) is 0 Å². The average molecular weight is 241 g/mol. The van der Waals surface area contributed by atoms with Gasteiger partial charge in [0.1, 0.15) is 0 Å². The van der Waals surface area contributed by atoms with Gasteiger partial charge in [-0.1, -0.05) is 26.7 Å². The fraction of sp³-hybridized carbons (Fsp3) is 1.00. The molecule has 0 aromatic carbocycles. The van der Waals surface area contributed by atoms with Crippen molar-refractivity contribution in [2.75, 3.05) is 19.8 Å². The van der Waals surface area contributed by atoms with Crippen LogP contribution in [0.25, 0.3) is 0 Å². The van der Waals surface area contributed by atoms with Crippen LogP contribution in [0.2, 0.25) is 0 Å². The number of hydrogen-bond acceptors (Lipinski definition) is 3. The average Bonchev–Trinajstić information content (AvgIpc) is 2.81. The lowest BCUT2D eigenvalue weighted by Gasteiger charge is -2.50. The maximum absolute atomic E-state index is 9.85. The molecule has 2 rings (SSSR count). The first-order valence-electron chi connectivity index (χ1n) is 7.07. The Morgan fingerprint density at radius 3 is 2.59 bits per heavy atom. The topological polar surface area (TPSA) is 41.5 Å². The van der Waals surface area contributed by atoms with Crippen molar-refractivity contribution in [2.24, 2.45) is 5.41 Å². The molecule has 0 amide bonds. The Balaban J connectivity index is 1.96. The zero-order valence-corrected chi connectivity index (χ0v) is 11.3. The van der Waals surface area contributed by atoms with Crippen molar-refractivity contribution >= 4 is 0 Å². The Kier molecular flexibility index (Phi) is 4.11. The first-order chi connectivity index (χ1) is 8.10. The van der Waals surface area contributed by atoms with E-state index in [1.807, 2.05) is 0 Å². The van der Waals surface area contributed by atoms with Crippen LogP contribution in [0.1, 0.15) is 52.4 Å². The highest BCUT2D eigenvalue weighted by molar-refractivity contribution is 5.02. The van der Waals surface area contributed by atoms with E-state index >= 15 is 0 Å². The fourth-order valence-electron chi connectivity index (χ4n) is 3.36. The second-order valence-electron chi connectivity index (χ2n) is 6.35. The Morgan fingerprint density at radius 2 is 2.00 bits per heavy atom. The maximum Gasteiger partial charge on any atom is 0.0700 e. The smallest absolute Gasteiger partial charge is 0.0700 e. The Bertz CT molecular complexity index is 249. The van der Waals surface area contributed by atoms with Crippen LogP contribution in [0.15, 0.2) is 0 Å². The number of rotatable bonds is 4. The van der Waals surface area contributed by atoms with Crippen LogP contribution in [0.3, 0.4) is 0 Å². The van der Waals surface area contributed by atoms with Gasteiger partial charge in [0.25, 0.3) is 0 Å². The Morgan fingerprint density at radius 1 is 1.24 bits per heavy atom.